The first-order chi connectivity index (χ1) is 9.77. The Morgan fingerprint density at radius 3 is 1.75 bits per heavy atom. The number of fused-ring (bicyclic) bond motifs is 2. The number of pyridine rings is 1. The Morgan fingerprint density at radius 1 is 0.800 bits per heavy atom. The number of nitrogens with zero attached hydrogens (tertiary/aromatic N) is 1. The highest BCUT2D eigenvalue weighted by atomic mass is 16.2. The molecular weight excluding hydrogens is 258 g/mol. The van der Waals surface area contributed by atoms with Crippen LogP contribution in [0.5, 0.6) is 0 Å². The minimum absolute atomic E-state index is 0. The normalized spacial score (nSPS) is 18.4. The standard InChI is InChI=1S/C13H19N5O2/c19-12-10-2-1-3-11(18-10)13(20)17-9-7-15-5-4-14-6-8-16-12/h1-3,14-15H,4-9H2,(H,16,19)(H,17,20)/p+2. The molecule has 0 aliphatic carbocycles. The first kappa shape index (κ1) is 14.4. The van der Waals surface area contributed by atoms with E-state index in [0.29, 0.717) is 26.2 Å². The van der Waals surface area contributed by atoms with Crippen LogP contribution in [-0.2, 0) is 0 Å². The van der Waals surface area contributed by atoms with Crippen molar-refractivity contribution in [3.8, 4) is 0 Å². The number of aromatic nitrogens is 1. The van der Waals surface area contributed by atoms with Crippen LogP contribution in [0, 0.1) is 0 Å². The largest absolute Gasteiger partial charge is 1.00 e. The first-order valence-electron chi connectivity index (χ1n) is 6.72. The molecule has 20 heavy (non-hydrogen) atoms. The lowest BCUT2D eigenvalue weighted by atomic mass is 10.2. The SMILES string of the molecule is O=C1NCCNCCNCCNC(=O)c2cccc1n2.[H+].[H+]. The number of carbonyl (C=O) groups is 2. The second-order valence-electron chi connectivity index (χ2n) is 4.42. The highest BCUT2D eigenvalue weighted by molar-refractivity contribution is 5.96. The Balaban J connectivity index is 0.00000220. The summed E-state index contributed by atoms with van der Waals surface area (Å²) in [6.45, 7) is 4.08. The van der Waals surface area contributed by atoms with Crippen molar-refractivity contribution in [1.82, 2.24) is 26.3 Å². The van der Waals surface area contributed by atoms with Crippen LogP contribution >= 0.6 is 0 Å². The van der Waals surface area contributed by atoms with Crippen LogP contribution in [0.3, 0.4) is 0 Å². The molecule has 0 atom stereocenters. The number of carbonyl (C=O) groups excluding carboxylic acids is 2. The highest BCUT2D eigenvalue weighted by Gasteiger charge is 2.11. The Bertz CT molecular complexity index is 448. The van der Waals surface area contributed by atoms with Gasteiger partial charge in [0.25, 0.3) is 11.8 Å². The molecule has 7 heteroatoms. The van der Waals surface area contributed by atoms with Crippen molar-refractivity contribution in [1.29, 1.82) is 0 Å². The van der Waals surface area contributed by atoms with Crippen LogP contribution in [0.1, 0.15) is 23.8 Å². The summed E-state index contributed by atoms with van der Waals surface area (Å²) >= 11 is 0. The maximum atomic E-state index is 11.9. The summed E-state index contributed by atoms with van der Waals surface area (Å²) in [5.74, 6) is -0.538. The third kappa shape index (κ3) is 4.29. The van der Waals surface area contributed by atoms with Gasteiger partial charge < -0.3 is 21.3 Å². The van der Waals surface area contributed by atoms with Gasteiger partial charge in [-0.25, -0.2) is 4.98 Å². The molecule has 1 aromatic heterocycles. The van der Waals surface area contributed by atoms with E-state index in [2.05, 4.69) is 26.3 Å². The van der Waals surface area contributed by atoms with E-state index in [-0.39, 0.29) is 26.1 Å². The third-order valence-electron chi connectivity index (χ3n) is 2.87. The average Bonchev–Trinajstić information content (AvgIpc) is 2.48. The second kappa shape index (κ2) is 7.56. The van der Waals surface area contributed by atoms with E-state index in [9.17, 15) is 9.59 Å². The Morgan fingerprint density at radius 2 is 1.25 bits per heavy atom. The molecule has 0 saturated carbocycles. The van der Waals surface area contributed by atoms with Gasteiger partial charge in [0.05, 0.1) is 0 Å². The fourth-order valence-electron chi connectivity index (χ4n) is 1.82. The molecule has 0 radical (unpaired) electrons. The van der Waals surface area contributed by atoms with Crippen molar-refractivity contribution < 1.29 is 12.4 Å². The smallest absolute Gasteiger partial charge is 0.349 e. The maximum Gasteiger partial charge on any atom is 1.00 e. The van der Waals surface area contributed by atoms with E-state index < -0.39 is 0 Å². The fourth-order valence-corrected chi connectivity index (χ4v) is 1.82. The van der Waals surface area contributed by atoms with Crippen molar-refractivity contribution in [2.24, 2.45) is 0 Å². The summed E-state index contributed by atoms with van der Waals surface area (Å²) in [6.07, 6.45) is 0. The van der Waals surface area contributed by atoms with E-state index in [1.165, 1.54) is 0 Å². The zero-order chi connectivity index (χ0) is 14.2. The van der Waals surface area contributed by atoms with E-state index >= 15 is 0 Å². The summed E-state index contributed by atoms with van der Waals surface area (Å²) in [6, 6.07) is 4.85. The number of hydrogen-bond acceptors (Lipinski definition) is 5. The quantitative estimate of drug-likeness (QED) is 0.486. The van der Waals surface area contributed by atoms with Crippen LogP contribution in [0.4, 0.5) is 0 Å². The van der Waals surface area contributed by atoms with E-state index in [1.807, 2.05) is 0 Å². The molecule has 2 bridgehead atoms. The van der Waals surface area contributed by atoms with Crippen LogP contribution in [-0.4, -0.2) is 56.1 Å². The maximum absolute atomic E-state index is 11.9. The lowest BCUT2D eigenvalue weighted by Crippen LogP contribution is -2.36. The number of amides is 2. The summed E-state index contributed by atoms with van der Waals surface area (Å²) in [4.78, 5) is 27.8. The molecule has 0 aromatic carbocycles. The average molecular weight is 279 g/mol. The molecule has 1 aliphatic heterocycles. The predicted octanol–water partition coefficient (Wildman–Crippen LogP) is -1.04. The van der Waals surface area contributed by atoms with Crippen molar-refractivity contribution in [3.63, 3.8) is 0 Å². The molecule has 4 N–H and O–H groups in total. The van der Waals surface area contributed by atoms with Crippen molar-refractivity contribution in [2.45, 2.75) is 0 Å². The number of rotatable bonds is 0. The summed E-state index contributed by atoms with van der Waals surface area (Å²) < 4.78 is 0. The molecule has 1 aliphatic rings. The van der Waals surface area contributed by atoms with Gasteiger partial charge in [0.1, 0.15) is 11.4 Å². The highest BCUT2D eigenvalue weighted by Crippen LogP contribution is 1.99. The van der Waals surface area contributed by atoms with Gasteiger partial charge in [-0.15, -0.1) is 0 Å². The second-order valence-corrected chi connectivity index (χ2v) is 4.42. The zero-order valence-corrected chi connectivity index (χ0v) is 11.2. The molecule has 0 saturated heterocycles. The molecule has 1 aromatic rings. The lowest BCUT2D eigenvalue weighted by Gasteiger charge is -2.07. The van der Waals surface area contributed by atoms with Crippen LogP contribution in [0.2, 0.25) is 0 Å². The van der Waals surface area contributed by atoms with E-state index in [1.54, 1.807) is 18.2 Å². The third-order valence-corrected chi connectivity index (χ3v) is 2.87. The van der Waals surface area contributed by atoms with Crippen molar-refractivity contribution in [3.05, 3.63) is 29.6 Å². The summed E-state index contributed by atoms with van der Waals surface area (Å²) in [5, 5.41) is 11.9. The molecule has 0 fully saturated rings. The van der Waals surface area contributed by atoms with E-state index in [0.717, 1.165) is 13.1 Å². The van der Waals surface area contributed by atoms with Crippen LogP contribution < -0.4 is 21.3 Å². The van der Waals surface area contributed by atoms with Gasteiger partial charge in [-0.3, -0.25) is 9.59 Å². The first-order valence-corrected chi connectivity index (χ1v) is 6.72. The topological polar surface area (TPSA) is 95.1 Å². The van der Waals surface area contributed by atoms with Crippen LogP contribution in [0.15, 0.2) is 18.2 Å². The minimum Gasteiger partial charge on any atom is -0.349 e. The number of nitrogens with one attached hydrogen (secondary N) is 4. The molecule has 7 nitrogen and oxygen atoms in total. The van der Waals surface area contributed by atoms with Gasteiger partial charge in [0.15, 0.2) is 0 Å². The minimum atomic E-state index is -0.269. The van der Waals surface area contributed by atoms with Gasteiger partial charge in [-0.1, -0.05) is 6.07 Å². The Hall–Kier alpha value is -1.99. The van der Waals surface area contributed by atoms with Gasteiger partial charge in [0, 0.05) is 39.3 Å². The molecular formula is C13H21N5O2+2. The summed E-state index contributed by atoms with van der Waals surface area (Å²) in [7, 11) is 0. The number of hydrogen-bond donors (Lipinski definition) is 4. The molecule has 2 heterocycles. The van der Waals surface area contributed by atoms with Gasteiger partial charge in [0.2, 0.25) is 0 Å². The molecule has 2 amide bonds. The summed E-state index contributed by atoms with van der Waals surface area (Å²) in [5.41, 5.74) is 0.510. The fraction of sp³-hybridized carbons (Fsp3) is 0.462. The van der Waals surface area contributed by atoms with Crippen molar-refractivity contribution in [2.75, 3.05) is 39.3 Å². The Labute approximate surface area is 120 Å². The zero-order valence-electron chi connectivity index (χ0n) is 13.2. The van der Waals surface area contributed by atoms with E-state index in [4.69, 9.17) is 0 Å². The predicted molar refractivity (Wildman–Crippen MR) is 76.9 cm³/mol. The molecule has 0 spiro atoms. The van der Waals surface area contributed by atoms with Gasteiger partial charge >= 0.3 is 2.85 Å². The monoisotopic (exact) mass is 279 g/mol. The Kier molecular flexibility index (Phi) is 5.45. The lowest BCUT2D eigenvalue weighted by molar-refractivity contribution is 0.0945. The molecule has 108 valence electrons. The van der Waals surface area contributed by atoms with Gasteiger partial charge in [-0.2, -0.15) is 0 Å². The van der Waals surface area contributed by atoms with Crippen molar-refractivity contribution >= 4 is 11.8 Å². The van der Waals surface area contributed by atoms with Gasteiger partial charge in [-0.05, 0) is 12.1 Å². The molecule has 0 unspecified atom stereocenters. The molecule has 2 rings (SSSR count). The van der Waals surface area contributed by atoms with Crippen LogP contribution in [0.25, 0.3) is 0 Å².